The molecule has 0 aromatic heterocycles. The Morgan fingerprint density at radius 3 is 2.71 bits per heavy atom. The molecule has 2 rings (SSSR count). The molecule has 1 aliphatic heterocycles. The minimum atomic E-state index is -3.45. The first-order chi connectivity index (χ1) is 8.08. The molecule has 0 radical (unpaired) electrons. The van der Waals surface area contributed by atoms with Gasteiger partial charge in [0.2, 0.25) is 10.0 Å². The molecule has 6 heteroatoms. The third-order valence-corrected chi connectivity index (χ3v) is 3.87. The number of benzene rings is 1. The molecule has 1 heterocycles. The SMILES string of the molecule is CC1=NOC(CNS(=O)(=O)c2ccccc2)C1. The second kappa shape index (κ2) is 4.85. The van der Waals surface area contributed by atoms with Crippen LogP contribution in [-0.4, -0.2) is 26.8 Å². The average Bonchev–Trinajstić information content (AvgIpc) is 2.74. The number of rotatable bonds is 4. The average molecular weight is 254 g/mol. The van der Waals surface area contributed by atoms with Crippen LogP contribution in [0.1, 0.15) is 13.3 Å². The summed E-state index contributed by atoms with van der Waals surface area (Å²) in [5, 5.41) is 3.77. The number of sulfonamides is 1. The van der Waals surface area contributed by atoms with Crippen molar-refractivity contribution in [1.82, 2.24) is 4.72 Å². The van der Waals surface area contributed by atoms with Crippen LogP contribution in [0.3, 0.4) is 0 Å². The molecule has 1 aliphatic rings. The van der Waals surface area contributed by atoms with Crippen LogP contribution < -0.4 is 4.72 Å². The molecule has 0 amide bonds. The molecular formula is C11H14N2O3S. The second-order valence-corrected chi connectivity index (χ2v) is 5.69. The van der Waals surface area contributed by atoms with Crippen molar-refractivity contribution in [2.24, 2.45) is 5.16 Å². The highest BCUT2D eigenvalue weighted by atomic mass is 32.2. The van der Waals surface area contributed by atoms with E-state index in [1.807, 2.05) is 6.92 Å². The van der Waals surface area contributed by atoms with E-state index in [0.717, 1.165) is 5.71 Å². The second-order valence-electron chi connectivity index (χ2n) is 3.92. The first kappa shape index (κ1) is 12.1. The molecule has 0 aliphatic carbocycles. The van der Waals surface area contributed by atoms with Crippen molar-refractivity contribution < 1.29 is 13.3 Å². The Bertz CT molecular complexity index is 511. The van der Waals surface area contributed by atoms with E-state index in [4.69, 9.17) is 4.84 Å². The summed E-state index contributed by atoms with van der Waals surface area (Å²) in [4.78, 5) is 5.32. The zero-order valence-corrected chi connectivity index (χ0v) is 10.3. The van der Waals surface area contributed by atoms with Gasteiger partial charge in [0.05, 0.1) is 17.2 Å². The van der Waals surface area contributed by atoms with Crippen molar-refractivity contribution in [3.63, 3.8) is 0 Å². The fraction of sp³-hybridized carbons (Fsp3) is 0.364. The molecule has 0 bridgehead atoms. The molecule has 0 saturated heterocycles. The Kier molecular flexibility index (Phi) is 3.44. The first-order valence-corrected chi connectivity index (χ1v) is 6.80. The van der Waals surface area contributed by atoms with Gasteiger partial charge in [-0.15, -0.1) is 0 Å². The summed E-state index contributed by atoms with van der Waals surface area (Å²) in [6.45, 7) is 2.09. The fourth-order valence-corrected chi connectivity index (χ4v) is 2.65. The van der Waals surface area contributed by atoms with Gasteiger partial charge in [-0.3, -0.25) is 0 Å². The van der Waals surface area contributed by atoms with Gasteiger partial charge >= 0.3 is 0 Å². The smallest absolute Gasteiger partial charge is 0.240 e. The molecule has 92 valence electrons. The van der Waals surface area contributed by atoms with E-state index in [1.54, 1.807) is 30.3 Å². The van der Waals surface area contributed by atoms with Crippen LogP contribution in [0.2, 0.25) is 0 Å². The Balaban J connectivity index is 1.95. The Hall–Kier alpha value is -1.40. The maximum absolute atomic E-state index is 11.9. The van der Waals surface area contributed by atoms with Crippen molar-refractivity contribution in [2.75, 3.05) is 6.54 Å². The Labute approximate surface area is 101 Å². The number of nitrogens with zero attached hydrogens (tertiary/aromatic N) is 1. The summed E-state index contributed by atoms with van der Waals surface area (Å²) >= 11 is 0. The largest absolute Gasteiger partial charge is 0.391 e. The van der Waals surface area contributed by atoms with Crippen molar-refractivity contribution in [3.8, 4) is 0 Å². The number of nitrogens with one attached hydrogen (secondary N) is 1. The molecule has 0 fully saturated rings. The number of hydrogen-bond acceptors (Lipinski definition) is 4. The van der Waals surface area contributed by atoms with E-state index in [-0.39, 0.29) is 17.5 Å². The molecule has 1 aromatic carbocycles. The lowest BCUT2D eigenvalue weighted by Crippen LogP contribution is -2.32. The van der Waals surface area contributed by atoms with E-state index in [9.17, 15) is 8.42 Å². The van der Waals surface area contributed by atoms with Gasteiger partial charge in [0.15, 0.2) is 0 Å². The minimum absolute atomic E-state index is 0.200. The maximum Gasteiger partial charge on any atom is 0.240 e. The Morgan fingerprint density at radius 1 is 1.41 bits per heavy atom. The van der Waals surface area contributed by atoms with Crippen molar-refractivity contribution >= 4 is 15.7 Å². The monoisotopic (exact) mass is 254 g/mol. The minimum Gasteiger partial charge on any atom is -0.391 e. The summed E-state index contributed by atoms with van der Waals surface area (Å²) in [7, 11) is -3.45. The van der Waals surface area contributed by atoms with Crippen LogP contribution in [0.15, 0.2) is 40.4 Å². The predicted octanol–water partition coefficient (Wildman–Crippen LogP) is 1.13. The normalized spacial score (nSPS) is 19.8. The Morgan fingerprint density at radius 2 is 2.12 bits per heavy atom. The standard InChI is InChI=1S/C11H14N2O3S/c1-9-7-10(16-13-9)8-12-17(14,15)11-5-3-2-4-6-11/h2-6,10,12H,7-8H2,1H3. The lowest BCUT2D eigenvalue weighted by atomic mass is 10.2. The van der Waals surface area contributed by atoms with Gasteiger partial charge in [-0.1, -0.05) is 23.4 Å². The fourth-order valence-electron chi connectivity index (χ4n) is 1.56. The summed E-state index contributed by atoms with van der Waals surface area (Å²) < 4.78 is 26.2. The first-order valence-electron chi connectivity index (χ1n) is 5.32. The highest BCUT2D eigenvalue weighted by Gasteiger charge is 2.21. The van der Waals surface area contributed by atoms with Gasteiger partial charge in [0.1, 0.15) is 6.10 Å². The summed E-state index contributed by atoms with van der Waals surface area (Å²) in [5.41, 5.74) is 0.883. The van der Waals surface area contributed by atoms with Gasteiger partial charge in [0.25, 0.3) is 0 Å². The lowest BCUT2D eigenvalue weighted by Gasteiger charge is -2.10. The van der Waals surface area contributed by atoms with Crippen LogP contribution in [-0.2, 0) is 14.9 Å². The predicted molar refractivity (Wildman–Crippen MR) is 64.2 cm³/mol. The molecule has 1 unspecified atom stereocenters. The van der Waals surface area contributed by atoms with Crippen molar-refractivity contribution in [3.05, 3.63) is 30.3 Å². The molecule has 5 nitrogen and oxygen atoms in total. The van der Waals surface area contributed by atoms with Crippen LogP contribution in [0.5, 0.6) is 0 Å². The molecule has 1 aromatic rings. The molecular weight excluding hydrogens is 240 g/mol. The maximum atomic E-state index is 11.9. The van der Waals surface area contributed by atoms with Gasteiger partial charge in [-0.25, -0.2) is 13.1 Å². The van der Waals surface area contributed by atoms with Crippen LogP contribution in [0.25, 0.3) is 0 Å². The van der Waals surface area contributed by atoms with Gasteiger partial charge < -0.3 is 4.84 Å². The molecule has 1 atom stereocenters. The number of oxime groups is 1. The highest BCUT2D eigenvalue weighted by Crippen LogP contribution is 2.11. The third kappa shape index (κ3) is 3.04. The topological polar surface area (TPSA) is 67.8 Å². The van der Waals surface area contributed by atoms with E-state index >= 15 is 0 Å². The van der Waals surface area contributed by atoms with E-state index in [1.165, 1.54) is 0 Å². The number of hydrogen-bond donors (Lipinski definition) is 1. The quantitative estimate of drug-likeness (QED) is 0.875. The van der Waals surface area contributed by atoms with Crippen molar-refractivity contribution in [2.45, 2.75) is 24.3 Å². The van der Waals surface area contributed by atoms with E-state index < -0.39 is 10.0 Å². The summed E-state index contributed by atoms with van der Waals surface area (Å²) in [5.74, 6) is 0. The zero-order chi connectivity index (χ0) is 12.3. The summed E-state index contributed by atoms with van der Waals surface area (Å²) in [6.07, 6.45) is 0.464. The summed E-state index contributed by atoms with van der Waals surface area (Å²) in [6, 6.07) is 8.26. The van der Waals surface area contributed by atoms with E-state index in [0.29, 0.717) is 6.42 Å². The molecule has 0 saturated carbocycles. The zero-order valence-electron chi connectivity index (χ0n) is 9.46. The highest BCUT2D eigenvalue weighted by molar-refractivity contribution is 7.89. The lowest BCUT2D eigenvalue weighted by molar-refractivity contribution is 0.0891. The van der Waals surface area contributed by atoms with Crippen molar-refractivity contribution in [1.29, 1.82) is 0 Å². The molecule has 1 N–H and O–H groups in total. The van der Waals surface area contributed by atoms with Crippen LogP contribution >= 0.6 is 0 Å². The van der Waals surface area contributed by atoms with Crippen LogP contribution in [0, 0.1) is 0 Å². The van der Waals surface area contributed by atoms with Gasteiger partial charge in [-0.05, 0) is 19.1 Å². The van der Waals surface area contributed by atoms with Gasteiger partial charge in [-0.2, -0.15) is 0 Å². The third-order valence-electron chi connectivity index (χ3n) is 2.44. The molecule has 0 spiro atoms. The van der Waals surface area contributed by atoms with Gasteiger partial charge in [0, 0.05) is 6.42 Å². The van der Waals surface area contributed by atoms with Crippen LogP contribution in [0.4, 0.5) is 0 Å². The van der Waals surface area contributed by atoms with E-state index in [2.05, 4.69) is 9.88 Å². The molecule has 17 heavy (non-hydrogen) atoms.